The van der Waals surface area contributed by atoms with Gasteiger partial charge < -0.3 is 10.1 Å². The summed E-state index contributed by atoms with van der Waals surface area (Å²) >= 11 is 0. The van der Waals surface area contributed by atoms with Crippen molar-refractivity contribution in [3.8, 4) is 17.0 Å². The molecule has 0 aliphatic heterocycles. The molecule has 2 aromatic carbocycles. The molecule has 0 radical (unpaired) electrons. The molecule has 2 aromatic heterocycles. The fourth-order valence-corrected chi connectivity index (χ4v) is 3.06. The highest BCUT2D eigenvalue weighted by Crippen LogP contribution is 2.26. The summed E-state index contributed by atoms with van der Waals surface area (Å²) in [6.07, 6.45) is 3.60. The van der Waals surface area contributed by atoms with Gasteiger partial charge in [-0.05, 0) is 29.7 Å². The summed E-state index contributed by atoms with van der Waals surface area (Å²) in [6.45, 7) is 0. The highest BCUT2D eigenvalue weighted by Gasteiger charge is 2.12. The Hall–Kier alpha value is -3.87. The molecule has 2 amide bonds. The summed E-state index contributed by atoms with van der Waals surface area (Å²) in [6, 6.07) is 16.7. The van der Waals surface area contributed by atoms with E-state index in [1.165, 1.54) is 0 Å². The maximum Gasteiger partial charge on any atom is 0.325 e. The number of fused-ring (bicyclic) bond motifs is 1. The van der Waals surface area contributed by atoms with Crippen LogP contribution in [0.25, 0.3) is 22.0 Å². The van der Waals surface area contributed by atoms with Gasteiger partial charge >= 0.3 is 6.03 Å². The lowest BCUT2D eigenvalue weighted by molar-refractivity contribution is 0.262. The molecule has 28 heavy (non-hydrogen) atoms. The number of aryl methyl sites for hydroxylation is 1. The number of methoxy groups -OCH3 is 1. The number of amides is 2. The minimum atomic E-state index is -0.392. The minimum Gasteiger partial charge on any atom is -0.495 e. The smallest absolute Gasteiger partial charge is 0.325 e. The van der Waals surface area contributed by atoms with Crippen molar-refractivity contribution in [3.63, 3.8) is 0 Å². The van der Waals surface area contributed by atoms with Gasteiger partial charge in [-0.1, -0.05) is 24.3 Å². The van der Waals surface area contributed by atoms with E-state index in [1.807, 2.05) is 49.6 Å². The molecule has 4 rings (SSSR count). The lowest BCUT2D eigenvalue weighted by Gasteiger charge is -2.09. The number of anilines is 2. The van der Waals surface area contributed by atoms with Crippen molar-refractivity contribution in [2.24, 2.45) is 7.05 Å². The largest absolute Gasteiger partial charge is 0.495 e. The summed E-state index contributed by atoms with van der Waals surface area (Å²) in [5.74, 6) is 1.04. The normalized spacial score (nSPS) is 10.6. The van der Waals surface area contributed by atoms with Crippen LogP contribution in [-0.4, -0.2) is 27.9 Å². The number of aromatic nitrogens is 3. The van der Waals surface area contributed by atoms with Crippen LogP contribution in [-0.2, 0) is 7.05 Å². The van der Waals surface area contributed by atoms with Crippen molar-refractivity contribution in [1.29, 1.82) is 0 Å². The standard InChI is InChI=1S/C21H19N5O2/c1-26-18(15-8-7-14-9-10-22-13-16(14)11-15)12-20(25-26)24-21(27)23-17-5-3-4-6-19(17)28-2/h3-13H,1-2H3,(H2,23,24,25,27). The zero-order valence-electron chi connectivity index (χ0n) is 15.5. The number of hydrogen-bond acceptors (Lipinski definition) is 4. The Morgan fingerprint density at radius 1 is 1.04 bits per heavy atom. The van der Waals surface area contributed by atoms with Crippen molar-refractivity contribution in [3.05, 3.63) is 67.0 Å². The number of benzene rings is 2. The molecule has 0 aliphatic rings. The third kappa shape index (κ3) is 3.50. The number of ether oxygens (including phenoxy) is 1. The highest BCUT2D eigenvalue weighted by atomic mass is 16.5. The molecule has 0 unspecified atom stereocenters. The molecule has 140 valence electrons. The molecular formula is C21H19N5O2. The van der Waals surface area contributed by atoms with Gasteiger partial charge in [-0.25, -0.2) is 4.79 Å². The first-order valence-corrected chi connectivity index (χ1v) is 8.73. The molecule has 0 atom stereocenters. The van der Waals surface area contributed by atoms with E-state index in [0.29, 0.717) is 17.3 Å². The molecule has 0 bridgehead atoms. The fraction of sp³-hybridized carbons (Fsp3) is 0.0952. The molecule has 0 aliphatic carbocycles. The second-order valence-electron chi connectivity index (χ2n) is 6.26. The van der Waals surface area contributed by atoms with Gasteiger partial charge in [-0.3, -0.25) is 15.0 Å². The molecule has 0 saturated heterocycles. The summed E-state index contributed by atoms with van der Waals surface area (Å²) in [4.78, 5) is 16.5. The first kappa shape index (κ1) is 17.5. The zero-order valence-corrected chi connectivity index (χ0v) is 15.5. The summed E-state index contributed by atoms with van der Waals surface area (Å²) in [5, 5.41) is 12.1. The Labute approximate surface area is 162 Å². The maximum absolute atomic E-state index is 12.3. The second kappa shape index (κ2) is 7.40. The maximum atomic E-state index is 12.3. The van der Waals surface area contributed by atoms with Gasteiger partial charge in [0.15, 0.2) is 5.82 Å². The van der Waals surface area contributed by atoms with E-state index in [2.05, 4.69) is 26.8 Å². The Bertz CT molecular complexity index is 1150. The quantitative estimate of drug-likeness (QED) is 0.559. The van der Waals surface area contributed by atoms with Crippen LogP contribution in [0.2, 0.25) is 0 Å². The summed E-state index contributed by atoms with van der Waals surface area (Å²) in [5.41, 5.74) is 2.47. The van der Waals surface area contributed by atoms with Gasteiger partial charge in [-0.2, -0.15) is 5.10 Å². The van der Waals surface area contributed by atoms with Gasteiger partial charge in [0.1, 0.15) is 5.75 Å². The predicted molar refractivity (Wildman–Crippen MR) is 110 cm³/mol. The van der Waals surface area contributed by atoms with Crippen LogP contribution in [0.15, 0.2) is 67.0 Å². The van der Waals surface area contributed by atoms with Crippen molar-refractivity contribution in [2.75, 3.05) is 17.7 Å². The van der Waals surface area contributed by atoms with Gasteiger partial charge in [0.05, 0.1) is 18.5 Å². The summed E-state index contributed by atoms with van der Waals surface area (Å²) in [7, 11) is 3.40. The minimum absolute atomic E-state index is 0.392. The van der Waals surface area contributed by atoms with E-state index in [1.54, 1.807) is 30.1 Å². The number of pyridine rings is 1. The van der Waals surface area contributed by atoms with Gasteiger partial charge in [-0.15, -0.1) is 0 Å². The Morgan fingerprint density at radius 2 is 1.89 bits per heavy atom. The van der Waals surface area contributed by atoms with E-state index >= 15 is 0 Å². The Kier molecular flexibility index (Phi) is 4.63. The van der Waals surface area contributed by atoms with Crippen molar-refractivity contribution >= 4 is 28.3 Å². The number of carbonyl (C=O) groups is 1. The van der Waals surface area contributed by atoms with Crippen LogP contribution in [0.4, 0.5) is 16.3 Å². The number of rotatable bonds is 4. The number of nitrogens with zero attached hydrogens (tertiary/aromatic N) is 3. The number of nitrogens with one attached hydrogen (secondary N) is 2. The summed E-state index contributed by atoms with van der Waals surface area (Å²) < 4.78 is 6.98. The number of hydrogen-bond donors (Lipinski definition) is 2. The molecular weight excluding hydrogens is 354 g/mol. The van der Waals surface area contributed by atoms with Crippen LogP contribution >= 0.6 is 0 Å². The molecule has 0 fully saturated rings. The van der Waals surface area contributed by atoms with E-state index in [9.17, 15) is 4.79 Å². The van der Waals surface area contributed by atoms with Gasteiger partial charge in [0.2, 0.25) is 0 Å². The Balaban J connectivity index is 1.54. The zero-order chi connectivity index (χ0) is 19.5. The van der Waals surface area contributed by atoms with E-state index in [4.69, 9.17) is 4.74 Å². The fourth-order valence-electron chi connectivity index (χ4n) is 3.06. The topological polar surface area (TPSA) is 81.1 Å². The highest BCUT2D eigenvalue weighted by molar-refractivity contribution is 6.00. The number of urea groups is 1. The average molecular weight is 373 g/mol. The molecule has 0 saturated carbocycles. The SMILES string of the molecule is COc1ccccc1NC(=O)Nc1cc(-c2ccc3ccncc3c2)n(C)n1. The van der Waals surface area contributed by atoms with Crippen LogP contribution in [0, 0.1) is 0 Å². The van der Waals surface area contributed by atoms with Gasteiger partial charge in [0, 0.05) is 36.5 Å². The van der Waals surface area contributed by atoms with Crippen molar-refractivity contribution in [2.45, 2.75) is 0 Å². The number of para-hydroxylation sites is 2. The second-order valence-corrected chi connectivity index (χ2v) is 6.26. The van der Waals surface area contributed by atoms with E-state index < -0.39 is 6.03 Å². The number of carbonyl (C=O) groups excluding carboxylic acids is 1. The van der Waals surface area contributed by atoms with Crippen LogP contribution in [0.5, 0.6) is 5.75 Å². The Morgan fingerprint density at radius 3 is 2.75 bits per heavy atom. The van der Waals surface area contributed by atoms with Crippen molar-refractivity contribution in [1.82, 2.24) is 14.8 Å². The monoisotopic (exact) mass is 373 g/mol. The first-order valence-electron chi connectivity index (χ1n) is 8.73. The molecule has 7 heteroatoms. The first-order chi connectivity index (χ1) is 13.6. The van der Waals surface area contributed by atoms with E-state index in [0.717, 1.165) is 22.0 Å². The molecule has 2 heterocycles. The van der Waals surface area contributed by atoms with E-state index in [-0.39, 0.29) is 0 Å². The van der Waals surface area contributed by atoms with Gasteiger partial charge in [0.25, 0.3) is 0 Å². The molecule has 4 aromatic rings. The average Bonchev–Trinajstić information content (AvgIpc) is 3.07. The predicted octanol–water partition coefficient (Wildman–Crippen LogP) is 4.29. The van der Waals surface area contributed by atoms with Crippen LogP contribution in [0.1, 0.15) is 0 Å². The molecule has 7 nitrogen and oxygen atoms in total. The third-order valence-corrected chi connectivity index (χ3v) is 4.41. The molecule has 0 spiro atoms. The lowest BCUT2D eigenvalue weighted by Crippen LogP contribution is -2.20. The lowest BCUT2D eigenvalue weighted by atomic mass is 10.1. The molecule has 2 N–H and O–H groups in total. The third-order valence-electron chi connectivity index (χ3n) is 4.41. The van der Waals surface area contributed by atoms with Crippen LogP contribution < -0.4 is 15.4 Å². The van der Waals surface area contributed by atoms with Crippen molar-refractivity contribution < 1.29 is 9.53 Å². The van der Waals surface area contributed by atoms with Crippen LogP contribution in [0.3, 0.4) is 0 Å².